The lowest BCUT2D eigenvalue weighted by Crippen LogP contribution is -2.45. The fraction of sp³-hybridized carbons (Fsp3) is 0.371. The number of aliphatic hydroxyl groups excluding tert-OH is 1. The van der Waals surface area contributed by atoms with Crippen LogP contribution in [0.1, 0.15) is 60.5 Å². The molecule has 1 heterocycles. The van der Waals surface area contributed by atoms with E-state index in [1.807, 2.05) is 13.8 Å². The van der Waals surface area contributed by atoms with E-state index in [1.165, 1.54) is 30.3 Å². The molecule has 5 N–H and O–H groups in total. The third-order valence-corrected chi connectivity index (χ3v) is 9.15. The minimum Gasteiger partial charge on any atom is -0.462 e. The normalized spacial score (nSPS) is 21.2. The van der Waals surface area contributed by atoms with Crippen molar-refractivity contribution >= 4 is 41.0 Å². The number of rotatable bonds is 13. The first-order valence-electron chi connectivity index (χ1n) is 15.2. The van der Waals surface area contributed by atoms with Crippen LogP contribution in [0.5, 0.6) is 0 Å². The number of nitrogens with two attached hydrogens (primary N) is 1. The lowest BCUT2D eigenvalue weighted by molar-refractivity contribution is -0.150. The molecule has 1 saturated heterocycles. The number of benzene rings is 3. The minimum absolute atomic E-state index is 0.0613. The summed E-state index contributed by atoms with van der Waals surface area (Å²) in [6.45, 7) is 3.43. The number of nitrogens with zero attached hydrogens (tertiary/aromatic N) is 1. The van der Waals surface area contributed by atoms with Crippen LogP contribution >= 0.6 is 23.2 Å². The summed E-state index contributed by atoms with van der Waals surface area (Å²) < 4.78 is 37.2. The molecule has 0 saturated carbocycles. The van der Waals surface area contributed by atoms with Crippen molar-refractivity contribution in [2.24, 2.45) is 11.1 Å². The van der Waals surface area contributed by atoms with Crippen LogP contribution < -0.4 is 16.4 Å². The first-order chi connectivity index (χ1) is 22.7. The highest BCUT2D eigenvalue weighted by molar-refractivity contribution is 6.31. The van der Waals surface area contributed by atoms with E-state index in [1.54, 1.807) is 30.3 Å². The fourth-order valence-corrected chi connectivity index (χ4v) is 6.68. The Bertz CT molecular complexity index is 1700. The van der Waals surface area contributed by atoms with Gasteiger partial charge in [0.05, 0.1) is 23.6 Å². The largest absolute Gasteiger partial charge is 0.462 e. The second-order valence-corrected chi connectivity index (χ2v) is 13.5. The van der Waals surface area contributed by atoms with Crippen LogP contribution in [0.2, 0.25) is 10.0 Å². The molecule has 2 amide bonds. The van der Waals surface area contributed by atoms with E-state index in [4.69, 9.17) is 33.7 Å². The van der Waals surface area contributed by atoms with Gasteiger partial charge in [-0.3, -0.25) is 19.7 Å². The Morgan fingerprint density at radius 3 is 2.48 bits per heavy atom. The zero-order valence-corrected chi connectivity index (χ0v) is 27.8. The summed E-state index contributed by atoms with van der Waals surface area (Å²) in [5.74, 6) is -5.21. The second kappa shape index (κ2) is 15.4. The van der Waals surface area contributed by atoms with Gasteiger partial charge in [-0.05, 0) is 54.2 Å². The van der Waals surface area contributed by atoms with Gasteiger partial charge in [0.25, 0.3) is 5.91 Å². The number of hydrogen-bond donors (Lipinski definition) is 4. The predicted molar refractivity (Wildman–Crippen MR) is 176 cm³/mol. The smallest absolute Gasteiger partial charge is 0.323 e. The Morgan fingerprint density at radius 2 is 1.83 bits per heavy atom. The summed E-state index contributed by atoms with van der Waals surface area (Å²) in [7, 11) is 0. The van der Waals surface area contributed by atoms with Gasteiger partial charge < -0.3 is 20.9 Å². The number of nitriles is 1. The minimum atomic E-state index is -1.93. The maximum Gasteiger partial charge on any atom is 0.323 e. The number of ether oxygens (including phenoxy) is 1. The van der Waals surface area contributed by atoms with Gasteiger partial charge in [0.15, 0.2) is 0 Å². The molecule has 9 nitrogen and oxygen atoms in total. The third-order valence-electron chi connectivity index (χ3n) is 8.62. The van der Waals surface area contributed by atoms with Crippen LogP contribution in [-0.4, -0.2) is 54.2 Å². The summed E-state index contributed by atoms with van der Waals surface area (Å²) in [5, 5.41) is 27.0. The van der Waals surface area contributed by atoms with E-state index in [-0.39, 0.29) is 40.0 Å². The number of hydrogen-bond acceptors (Lipinski definition) is 7. The highest BCUT2D eigenvalue weighted by Crippen LogP contribution is 2.53. The number of aliphatic hydroxyl groups is 1. The van der Waals surface area contributed by atoms with Crippen molar-refractivity contribution in [3.8, 4) is 6.07 Å². The molecule has 254 valence electrons. The highest BCUT2D eigenvalue weighted by atomic mass is 35.5. The van der Waals surface area contributed by atoms with E-state index in [9.17, 15) is 24.8 Å². The van der Waals surface area contributed by atoms with E-state index >= 15 is 8.78 Å². The third kappa shape index (κ3) is 8.13. The molecule has 4 rings (SSSR count). The average Bonchev–Trinajstić information content (AvgIpc) is 3.34. The number of esters is 1. The molecule has 1 aliphatic heterocycles. The summed E-state index contributed by atoms with van der Waals surface area (Å²) in [4.78, 5) is 37.7. The summed E-state index contributed by atoms with van der Waals surface area (Å²) in [6.07, 6.45) is -1.33. The van der Waals surface area contributed by atoms with Gasteiger partial charge >= 0.3 is 5.97 Å². The quantitative estimate of drug-likeness (QED) is 0.179. The molecule has 0 aliphatic carbocycles. The van der Waals surface area contributed by atoms with Gasteiger partial charge in [-0.2, -0.15) is 5.26 Å². The molecule has 0 aromatic heterocycles. The van der Waals surface area contributed by atoms with Gasteiger partial charge in [-0.1, -0.05) is 73.4 Å². The molecular formula is C35H36Cl2F2N4O5. The number of primary amides is 1. The Kier molecular flexibility index (Phi) is 11.8. The topological polar surface area (TPSA) is 155 Å². The van der Waals surface area contributed by atoms with Gasteiger partial charge in [0.2, 0.25) is 5.91 Å². The molecule has 1 aliphatic rings. The van der Waals surface area contributed by atoms with Crippen LogP contribution in [0.15, 0.2) is 66.7 Å². The predicted octanol–water partition coefficient (Wildman–Crippen LogP) is 5.17. The Hall–Kier alpha value is -4.08. The van der Waals surface area contributed by atoms with Gasteiger partial charge in [-0.25, -0.2) is 8.78 Å². The van der Waals surface area contributed by atoms with Crippen molar-refractivity contribution in [2.45, 2.75) is 62.6 Å². The first kappa shape index (κ1) is 36.8. The molecule has 0 unspecified atom stereocenters. The van der Waals surface area contributed by atoms with Crippen LogP contribution in [0.25, 0.3) is 0 Å². The van der Waals surface area contributed by atoms with Crippen molar-refractivity contribution in [1.29, 1.82) is 5.26 Å². The van der Waals surface area contributed by atoms with E-state index in [2.05, 4.69) is 16.7 Å². The SMILES string of the molecule is CC(C)(CCNC(=O)c1ccccc1)C[C@@H]1N[C@@H](C(=O)OC[C@@H](O)CC(N)=O)[C@H](c2cccc(Cl)c2F)[C@@]1(C#N)c1ccc(Cl)cc1F. The maximum atomic E-state index is 15.9. The van der Waals surface area contributed by atoms with Crippen LogP contribution in [0, 0.1) is 28.4 Å². The zero-order chi connectivity index (χ0) is 35.2. The lowest BCUT2D eigenvalue weighted by Gasteiger charge is -2.38. The fourth-order valence-electron chi connectivity index (χ4n) is 6.34. The molecule has 5 atom stereocenters. The monoisotopic (exact) mass is 700 g/mol. The van der Waals surface area contributed by atoms with Crippen molar-refractivity contribution in [3.63, 3.8) is 0 Å². The average molecular weight is 702 g/mol. The van der Waals surface area contributed by atoms with Gasteiger partial charge in [0, 0.05) is 34.7 Å². The molecule has 0 radical (unpaired) electrons. The zero-order valence-electron chi connectivity index (χ0n) is 26.3. The van der Waals surface area contributed by atoms with Gasteiger partial charge in [-0.15, -0.1) is 0 Å². The molecule has 0 spiro atoms. The molecule has 1 fully saturated rings. The Labute approximate surface area is 287 Å². The standard InChI is InChI=1S/C35H36Cl2F2N4O5/c1-34(2,13-14-42-32(46)20-7-4-3-5-8-20)17-27-35(19-40,24-12-11-21(36)15-26(24)38)29(23-9-6-10-25(37)30(23)39)31(43-27)33(47)48-18-22(44)16-28(41)45/h3-12,15,22,27,29,31,43-44H,13-14,16-18H2,1-2H3,(H2,41,45)(H,42,46)/t22-,27-,29-,31+,35-/m0/s1. The summed E-state index contributed by atoms with van der Waals surface area (Å²) in [6, 6.07) is 16.4. The van der Waals surface area contributed by atoms with Crippen LogP contribution in [0.3, 0.4) is 0 Å². The number of carbonyl (C=O) groups excluding carboxylic acids is 3. The van der Waals surface area contributed by atoms with Crippen molar-refractivity contribution in [3.05, 3.63) is 105 Å². The van der Waals surface area contributed by atoms with Crippen molar-refractivity contribution in [2.75, 3.05) is 13.2 Å². The van der Waals surface area contributed by atoms with E-state index in [0.717, 1.165) is 6.07 Å². The van der Waals surface area contributed by atoms with Crippen LogP contribution in [0.4, 0.5) is 8.78 Å². The lowest BCUT2D eigenvalue weighted by atomic mass is 9.62. The number of halogens is 4. The summed E-state index contributed by atoms with van der Waals surface area (Å²) in [5.41, 5.74) is 2.79. The Morgan fingerprint density at radius 1 is 1.12 bits per heavy atom. The van der Waals surface area contributed by atoms with Crippen molar-refractivity contribution in [1.82, 2.24) is 10.6 Å². The molecule has 3 aromatic carbocycles. The number of amides is 2. The van der Waals surface area contributed by atoms with E-state index in [0.29, 0.717) is 12.0 Å². The van der Waals surface area contributed by atoms with E-state index < -0.39 is 71.5 Å². The van der Waals surface area contributed by atoms with Crippen molar-refractivity contribution < 1.29 is 33.0 Å². The highest BCUT2D eigenvalue weighted by Gasteiger charge is 2.61. The molecule has 0 bridgehead atoms. The maximum absolute atomic E-state index is 15.9. The molecule has 13 heteroatoms. The number of carbonyl (C=O) groups is 3. The number of nitrogens with one attached hydrogen (secondary N) is 2. The van der Waals surface area contributed by atoms with Crippen LogP contribution in [-0.2, 0) is 19.7 Å². The van der Waals surface area contributed by atoms with Gasteiger partial charge in [0.1, 0.15) is 29.7 Å². The molecular weight excluding hydrogens is 665 g/mol. The first-order valence-corrected chi connectivity index (χ1v) is 16.0. The molecule has 48 heavy (non-hydrogen) atoms. The summed E-state index contributed by atoms with van der Waals surface area (Å²) >= 11 is 12.3. The molecule has 3 aromatic rings. The Balaban J connectivity index is 1.76. The second-order valence-electron chi connectivity index (χ2n) is 12.6.